The van der Waals surface area contributed by atoms with Crippen molar-refractivity contribution in [1.29, 1.82) is 0 Å². The summed E-state index contributed by atoms with van der Waals surface area (Å²) in [6, 6.07) is 7.43. The molecule has 1 atom stereocenters. The predicted octanol–water partition coefficient (Wildman–Crippen LogP) is 5.46. The number of rotatable bonds is 8. The minimum Gasteiger partial charge on any atom is -0.342 e. The lowest BCUT2D eigenvalue weighted by molar-refractivity contribution is -0.132. The molecule has 3 rings (SSSR count). The van der Waals surface area contributed by atoms with Crippen molar-refractivity contribution >= 4 is 17.5 Å². The summed E-state index contributed by atoms with van der Waals surface area (Å²) >= 11 is 6.04. The van der Waals surface area contributed by atoms with E-state index in [0.717, 1.165) is 37.8 Å². The standard InChI is InChI=1S/C21H28ClN3O2/c1-2-3-4-5-6-12-19(26)25-13-8-10-17(15-25)21-23-20(24-27-21)16-9-7-11-18(22)14-16/h7,9,11,14,17H,2-6,8,10,12-13,15H2,1H3. The third-order valence-electron chi connectivity index (χ3n) is 5.14. The Hall–Kier alpha value is -1.88. The highest BCUT2D eigenvalue weighted by atomic mass is 35.5. The first-order chi connectivity index (χ1) is 13.2. The van der Waals surface area contributed by atoms with Gasteiger partial charge in [-0.05, 0) is 31.4 Å². The van der Waals surface area contributed by atoms with Crippen LogP contribution in [0.15, 0.2) is 28.8 Å². The lowest BCUT2D eigenvalue weighted by Crippen LogP contribution is -2.39. The van der Waals surface area contributed by atoms with E-state index < -0.39 is 0 Å². The summed E-state index contributed by atoms with van der Waals surface area (Å²) < 4.78 is 5.51. The number of carbonyl (C=O) groups is 1. The molecule has 1 saturated heterocycles. The van der Waals surface area contributed by atoms with E-state index in [-0.39, 0.29) is 11.8 Å². The zero-order chi connectivity index (χ0) is 19.1. The summed E-state index contributed by atoms with van der Waals surface area (Å²) in [4.78, 5) is 19.0. The Morgan fingerprint density at radius 2 is 2.15 bits per heavy atom. The van der Waals surface area contributed by atoms with Gasteiger partial charge in [-0.15, -0.1) is 0 Å². The maximum Gasteiger partial charge on any atom is 0.231 e. The Labute approximate surface area is 166 Å². The van der Waals surface area contributed by atoms with E-state index in [1.54, 1.807) is 0 Å². The van der Waals surface area contributed by atoms with Crippen molar-refractivity contribution in [2.45, 2.75) is 64.2 Å². The summed E-state index contributed by atoms with van der Waals surface area (Å²) in [5, 5.41) is 4.75. The molecule has 1 unspecified atom stereocenters. The van der Waals surface area contributed by atoms with E-state index in [1.165, 1.54) is 19.3 Å². The molecule has 0 bridgehead atoms. The van der Waals surface area contributed by atoms with Gasteiger partial charge in [-0.3, -0.25) is 4.79 Å². The zero-order valence-electron chi connectivity index (χ0n) is 16.0. The van der Waals surface area contributed by atoms with E-state index in [2.05, 4.69) is 17.1 Å². The number of halogens is 1. The fourth-order valence-corrected chi connectivity index (χ4v) is 3.78. The van der Waals surface area contributed by atoms with Crippen LogP contribution in [0.3, 0.4) is 0 Å². The molecule has 2 heterocycles. The summed E-state index contributed by atoms with van der Waals surface area (Å²) in [5.74, 6) is 1.53. The van der Waals surface area contributed by atoms with Crippen molar-refractivity contribution in [3.05, 3.63) is 35.2 Å². The van der Waals surface area contributed by atoms with Crippen molar-refractivity contribution in [2.24, 2.45) is 0 Å². The third kappa shape index (κ3) is 5.55. The number of benzene rings is 1. The molecule has 2 aromatic rings. The number of hydrogen-bond donors (Lipinski definition) is 0. The van der Waals surface area contributed by atoms with Crippen LogP contribution >= 0.6 is 11.6 Å². The molecule has 0 spiro atoms. The third-order valence-corrected chi connectivity index (χ3v) is 5.38. The molecule has 0 aliphatic carbocycles. The fourth-order valence-electron chi connectivity index (χ4n) is 3.59. The van der Waals surface area contributed by atoms with E-state index >= 15 is 0 Å². The van der Waals surface area contributed by atoms with Crippen LogP contribution in [0.2, 0.25) is 5.02 Å². The second-order valence-electron chi connectivity index (χ2n) is 7.31. The molecule has 1 aromatic heterocycles. The molecule has 6 heteroatoms. The van der Waals surface area contributed by atoms with Gasteiger partial charge in [0, 0.05) is 30.1 Å². The first-order valence-electron chi connectivity index (χ1n) is 10.0. The Morgan fingerprint density at radius 3 is 2.96 bits per heavy atom. The highest BCUT2D eigenvalue weighted by Crippen LogP contribution is 2.28. The molecule has 27 heavy (non-hydrogen) atoms. The highest BCUT2D eigenvalue weighted by molar-refractivity contribution is 6.30. The Bertz CT molecular complexity index is 747. The molecule has 1 fully saturated rings. The Balaban J connectivity index is 1.56. The number of amides is 1. The molecule has 1 aliphatic heterocycles. The topological polar surface area (TPSA) is 59.2 Å². The molecular weight excluding hydrogens is 362 g/mol. The van der Waals surface area contributed by atoms with Crippen LogP contribution in [-0.2, 0) is 4.79 Å². The van der Waals surface area contributed by atoms with Gasteiger partial charge in [0.1, 0.15) is 0 Å². The second-order valence-corrected chi connectivity index (χ2v) is 7.75. The molecule has 1 aromatic carbocycles. The van der Waals surface area contributed by atoms with Gasteiger partial charge in [-0.2, -0.15) is 4.98 Å². The normalized spacial score (nSPS) is 17.3. The van der Waals surface area contributed by atoms with Gasteiger partial charge in [0.25, 0.3) is 0 Å². The summed E-state index contributed by atoms with van der Waals surface area (Å²) in [7, 11) is 0. The lowest BCUT2D eigenvalue weighted by atomic mass is 9.97. The minimum atomic E-state index is 0.114. The van der Waals surface area contributed by atoms with E-state index in [9.17, 15) is 4.79 Å². The number of likely N-dealkylation sites (tertiary alicyclic amines) is 1. The number of carbonyl (C=O) groups excluding carboxylic acids is 1. The number of piperidine rings is 1. The smallest absolute Gasteiger partial charge is 0.231 e. The van der Waals surface area contributed by atoms with E-state index in [4.69, 9.17) is 16.1 Å². The van der Waals surface area contributed by atoms with Crippen LogP contribution in [-0.4, -0.2) is 34.0 Å². The minimum absolute atomic E-state index is 0.114. The van der Waals surface area contributed by atoms with Crippen molar-refractivity contribution in [2.75, 3.05) is 13.1 Å². The van der Waals surface area contributed by atoms with Crippen LogP contribution in [0.25, 0.3) is 11.4 Å². The SMILES string of the molecule is CCCCCCCC(=O)N1CCCC(c2nc(-c3cccc(Cl)c3)no2)C1. The van der Waals surface area contributed by atoms with Crippen LogP contribution in [0.5, 0.6) is 0 Å². The molecule has 1 aliphatic rings. The first kappa shape index (κ1) is 19.9. The largest absolute Gasteiger partial charge is 0.342 e. The highest BCUT2D eigenvalue weighted by Gasteiger charge is 2.28. The number of hydrogen-bond acceptors (Lipinski definition) is 4. The van der Waals surface area contributed by atoms with Gasteiger partial charge in [-0.25, -0.2) is 0 Å². The van der Waals surface area contributed by atoms with Gasteiger partial charge in [0.15, 0.2) is 0 Å². The van der Waals surface area contributed by atoms with Crippen molar-refractivity contribution in [1.82, 2.24) is 15.0 Å². The molecular formula is C21H28ClN3O2. The van der Waals surface area contributed by atoms with Gasteiger partial charge in [0.2, 0.25) is 17.6 Å². The number of nitrogens with zero attached hydrogens (tertiary/aromatic N) is 3. The van der Waals surface area contributed by atoms with Crippen LogP contribution in [0.4, 0.5) is 0 Å². The van der Waals surface area contributed by atoms with Gasteiger partial charge >= 0.3 is 0 Å². The average molecular weight is 390 g/mol. The lowest BCUT2D eigenvalue weighted by Gasteiger charge is -2.31. The van der Waals surface area contributed by atoms with Gasteiger partial charge < -0.3 is 9.42 Å². The van der Waals surface area contributed by atoms with E-state index in [1.807, 2.05) is 29.2 Å². The van der Waals surface area contributed by atoms with Crippen LogP contribution in [0.1, 0.15) is 70.1 Å². The van der Waals surface area contributed by atoms with Crippen molar-refractivity contribution in [3.63, 3.8) is 0 Å². The van der Waals surface area contributed by atoms with E-state index in [0.29, 0.717) is 29.7 Å². The fraction of sp³-hybridized carbons (Fsp3) is 0.571. The molecule has 1 amide bonds. The molecule has 0 N–H and O–H groups in total. The van der Waals surface area contributed by atoms with Crippen LogP contribution < -0.4 is 0 Å². The predicted molar refractivity (Wildman–Crippen MR) is 107 cm³/mol. The maximum atomic E-state index is 12.5. The molecule has 146 valence electrons. The van der Waals surface area contributed by atoms with Crippen molar-refractivity contribution in [3.8, 4) is 11.4 Å². The average Bonchev–Trinajstić information content (AvgIpc) is 3.18. The van der Waals surface area contributed by atoms with Crippen molar-refractivity contribution < 1.29 is 9.32 Å². The van der Waals surface area contributed by atoms with Gasteiger partial charge in [-0.1, -0.05) is 61.5 Å². The Kier molecular flexibility index (Phi) is 7.27. The molecule has 0 radical (unpaired) electrons. The summed E-state index contributed by atoms with van der Waals surface area (Å²) in [6.07, 6.45) is 8.42. The first-order valence-corrected chi connectivity index (χ1v) is 10.4. The quantitative estimate of drug-likeness (QED) is 0.562. The molecule has 5 nitrogen and oxygen atoms in total. The number of unbranched alkanes of at least 4 members (excludes halogenated alkanes) is 4. The molecule has 0 saturated carbocycles. The van der Waals surface area contributed by atoms with Crippen LogP contribution in [0, 0.1) is 0 Å². The second kappa shape index (κ2) is 9.88. The number of aromatic nitrogens is 2. The van der Waals surface area contributed by atoms with Gasteiger partial charge in [0.05, 0.1) is 5.92 Å². The summed E-state index contributed by atoms with van der Waals surface area (Å²) in [6.45, 7) is 3.71. The zero-order valence-corrected chi connectivity index (χ0v) is 16.7. The Morgan fingerprint density at radius 1 is 1.30 bits per heavy atom. The summed E-state index contributed by atoms with van der Waals surface area (Å²) in [5.41, 5.74) is 0.841. The maximum absolute atomic E-state index is 12.5. The monoisotopic (exact) mass is 389 g/mol.